The molecule has 4 heteroatoms. The highest BCUT2D eigenvalue weighted by atomic mass is 16.4. The highest BCUT2D eigenvalue weighted by Gasteiger charge is 2.14. The average Bonchev–Trinajstić information content (AvgIpc) is 2.99. The van der Waals surface area contributed by atoms with E-state index < -0.39 is 5.97 Å². The standard InChI is InChI=1S/C22H26N2O2/c1-2-15-6-9-17(10-7-15)22-18(5-3-4-12-23)19-13-16(14-21(25)26)8-11-20(19)24-22/h6-11,13,24H,2-5,12,14,23H2,1H3,(H,25,26). The van der Waals surface area contributed by atoms with Crippen LogP contribution in [-0.4, -0.2) is 22.6 Å². The van der Waals surface area contributed by atoms with E-state index in [1.165, 1.54) is 16.7 Å². The molecule has 136 valence electrons. The maximum atomic E-state index is 11.1. The van der Waals surface area contributed by atoms with Crippen LogP contribution in [0.1, 0.15) is 36.5 Å². The molecule has 0 spiro atoms. The summed E-state index contributed by atoms with van der Waals surface area (Å²) in [6.07, 6.45) is 4.00. The quantitative estimate of drug-likeness (QED) is 0.530. The van der Waals surface area contributed by atoms with Crippen LogP contribution in [0.2, 0.25) is 0 Å². The number of aromatic nitrogens is 1. The first kappa shape index (κ1) is 18.2. The Labute approximate surface area is 154 Å². The van der Waals surface area contributed by atoms with E-state index in [4.69, 9.17) is 10.8 Å². The number of aliphatic carboxylic acids is 1. The van der Waals surface area contributed by atoms with E-state index in [1.807, 2.05) is 18.2 Å². The normalized spacial score (nSPS) is 11.2. The number of carboxylic acids is 1. The summed E-state index contributed by atoms with van der Waals surface area (Å²) in [7, 11) is 0. The second kappa shape index (κ2) is 8.19. The van der Waals surface area contributed by atoms with Crippen LogP contribution < -0.4 is 5.73 Å². The van der Waals surface area contributed by atoms with E-state index >= 15 is 0 Å². The zero-order valence-electron chi connectivity index (χ0n) is 15.2. The number of aryl methyl sites for hydroxylation is 2. The van der Waals surface area contributed by atoms with Crippen molar-refractivity contribution in [3.63, 3.8) is 0 Å². The van der Waals surface area contributed by atoms with E-state index in [0.29, 0.717) is 6.54 Å². The smallest absolute Gasteiger partial charge is 0.307 e. The number of benzene rings is 2. The lowest BCUT2D eigenvalue weighted by Crippen LogP contribution is -2.00. The third kappa shape index (κ3) is 3.97. The molecule has 26 heavy (non-hydrogen) atoms. The van der Waals surface area contributed by atoms with Gasteiger partial charge in [-0.25, -0.2) is 0 Å². The van der Waals surface area contributed by atoms with E-state index in [9.17, 15) is 4.79 Å². The van der Waals surface area contributed by atoms with Gasteiger partial charge in [-0.3, -0.25) is 4.79 Å². The number of carboxylic acid groups (broad SMARTS) is 1. The Balaban J connectivity index is 2.07. The number of unbranched alkanes of at least 4 members (excludes halogenated alkanes) is 1. The van der Waals surface area contributed by atoms with Crippen molar-refractivity contribution in [2.75, 3.05) is 6.54 Å². The Morgan fingerprint density at radius 2 is 1.81 bits per heavy atom. The predicted molar refractivity (Wildman–Crippen MR) is 106 cm³/mol. The van der Waals surface area contributed by atoms with Gasteiger partial charge in [-0.2, -0.15) is 0 Å². The molecule has 0 aliphatic heterocycles. The van der Waals surface area contributed by atoms with Crippen LogP contribution in [0.3, 0.4) is 0 Å². The fourth-order valence-electron chi connectivity index (χ4n) is 3.44. The molecule has 0 amide bonds. The zero-order chi connectivity index (χ0) is 18.5. The third-order valence-corrected chi connectivity index (χ3v) is 4.86. The van der Waals surface area contributed by atoms with Crippen molar-refractivity contribution >= 4 is 16.9 Å². The second-order valence-corrected chi connectivity index (χ2v) is 6.73. The van der Waals surface area contributed by atoms with Gasteiger partial charge in [-0.15, -0.1) is 0 Å². The Hall–Kier alpha value is -2.59. The molecular weight excluding hydrogens is 324 g/mol. The van der Waals surface area contributed by atoms with Crippen LogP contribution in [0.5, 0.6) is 0 Å². The summed E-state index contributed by atoms with van der Waals surface area (Å²) in [5.74, 6) is -0.806. The first-order valence-corrected chi connectivity index (χ1v) is 9.27. The van der Waals surface area contributed by atoms with Gasteiger partial charge >= 0.3 is 5.97 Å². The van der Waals surface area contributed by atoms with Crippen molar-refractivity contribution in [1.82, 2.24) is 4.98 Å². The lowest BCUT2D eigenvalue weighted by molar-refractivity contribution is -0.136. The number of carbonyl (C=O) groups is 1. The summed E-state index contributed by atoms with van der Waals surface area (Å²) < 4.78 is 0. The summed E-state index contributed by atoms with van der Waals surface area (Å²) in [4.78, 5) is 14.6. The van der Waals surface area contributed by atoms with Crippen molar-refractivity contribution in [3.8, 4) is 11.3 Å². The Bertz CT molecular complexity index is 894. The van der Waals surface area contributed by atoms with Gasteiger partial charge in [0.15, 0.2) is 0 Å². The number of H-pyrrole nitrogens is 1. The molecule has 0 aliphatic carbocycles. The van der Waals surface area contributed by atoms with Crippen molar-refractivity contribution in [2.45, 2.75) is 39.0 Å². The van der Waals surface area contributed by atoms with Crippen molar-refractivity contribution in [1.29, 1.82) is 0 Å². The Morgan fingerprint density at radius 3 is 2.46 bits per heavy atom. The molecule has 1 aromatic heterocycles. The van der Waals surface area contributed by atoms with E-state index in [2.05, 4.69) is 36.2 Å². The highest BCUT2D eigenvalue weighted by molar-refractivity contribution is 5.91. The lowest BCUT2D eigenvalue weighted by atomic mass is 9.98. The molecule has 2 aromatic carbocycles. The minimum atomic E-state index is -0.806. The highest BCUT2D eigenvalue weighted by Crippen LogP contribution is 2.32. The fourth-order valence-corrected chi connectivity index (χ4v) is 3.44. The first-order valence-electron chi connectivity index (χ1n) is 9.27. The average molecular weight is 350 g/mol. The summed E-state index contributed by atoms with van der Waals surface area (Å²) in [6.45, 7) is 2.84. The molecular formula is C22H26N2O2. The van der Waals surface area contributed by atoms with E-state index in [0.717, 1.165) is 47.8 Å². The minimum absolute atomic E-state index is 0.0455. The van der Waals surface area contributed by atoms with Crippen molar-refractivity contribution in [2.24, 2.45) is 5.73 Å². The molecule has 0 radical (unpaired) electrons. The summed E-state index contributed by atoms with van der Waals surface area (Å²) >= 11 is 0. The van der Waals surface area contributed by atoms with Gasteiger partial charge in [0.2, 0.25) is 0 Å². The molecule has 3 rings (SSSR count). The molecule has 0 saturated heterocycles. The molecule has 0 bridgehead atoms. The molecule has 0 atom stereocenters. The van der Waals surface area contributed by atoms with E-state index in [1.54, 1.807) is 0 Å². The minimum Gasteiger partial charge on any atom is -0.481 e. The number of fused-ring (bicyclic) bond motifs is 1. The summed E-state index contributed by atoms with van der Waals surface area (Å²) in [5.41, 5.74) is 12.4. The van der Waals surface area contributed by atoms with Gasteiger partial charge in [0.1, 0.15) is 0 Å². The number of hydrogen-bond acceptors (Lipinski definition) is 2. The molecule has 0 saturated carbocycles. The van der Waals surface area contributed by atoms with E-state index in [-0.39, 0.29) is 6.42 Å². The zero-order valence-corrected chi connectivity index (χ0v) is 15.2. The first-order chi connectivity index (χ1) is 12.6. The molecule has 0 fully saturated rings. The summed E-state index contributed by atoms with van der Waals surface area (Å²) in [6, 6.07) is 14.6. The summed E-state index contributed by atoms with van der Waals surface area (Å²) in [5, 5.41) is 10.2. The number of hydrogen-bond donors (Lipinski definition) is 3. The molecule has 4 nitrogen and oxygen atoms in total. The fraction of sp³-hybridized carbons (Fsp3) is 0.318. The Kier molecular flexibility index (Phi) is 5.74. The van der Waals surface area contributed by atoms with Gasteiger partial charge in [0.05, 0.1) is 6.42 Å². The van der Waals surface area contributed by atoms with Crippen LogP contribution in [-0.2, 0) is 24.1 Å². The molecule has 4 N–H and O–H groups in total. The topological polar surface area (TPSA) is 79.1 Å². The Morgan fingerprint density at radius 1 is 1.08 bits per heavy atom. The largest absolute Gasteiger partial charge is 0.481 e. The van der Waals surface area contributed by atoms with Gasteiger partial charge < -0.3 is 15.8 Å². The van der Waals surface area contributed by atoms with Crippen LogP contribution in [0, 0.1) is 0 Å². The molecule has 1 heterocycles. The second-order valence-electron chi connectivity index (χ2n) is 6.73. The van der Waals surface area contributed by atoms with Crippen LogP contribution in [0.25, 0.3) is 22.2 Å². The van der Waals surface area contributed by atoms with Crippen molar-refractivity contribution in [3.05, 3.63) is 59.2 Å². The number of nitrogens with two attached hydrogens (primary N) is 1. The van der Waals surface area contributed by atoms with Crippen LogP contribution in [0.15, 0.2) is 42.5 Å². The maximum absolute atomic E-state index is 11.1. The van der Waals surface area contributed by atoms with Crippen LogP contribution >= 0.6 is 0 Å². The van der Waals surface area contributed by atoms with Gasteiger partial charge in [0.25, 0.3) is 0 Å². The van der Waals surface area contributed by atoms with Gasteiger partial charge in [0, 0.05) is 16.6 Å². The number of aromatic amines is 1. The number of nitrogens with one attached hydrogen (secondary N) is 1. The molecule has 0 aliphatic rings. The monoisotopic (exact) mass is 350 g/mol. The van der Waals surface area contributed by atoms with Gasteiger partial charge in [-0.05, 0) is 66.6 Å². The van der Waals surface area contributed by atoms with Crippen LogP contribution in [0.4, 0.5) is 0 Å². The number of rotatable bonds is 8. The molecule has 3 aromatic rings. The maximum Gasteiger partial charge on any atom is 0.307 e. The lowest BCUT2D eigenvalue weighted by Gasteiger charge is -2.07. The SMILES string of the molecule is CCc1ccc(-c2[nH]c3ccc(CC(=O)O)cc3c2CCCCN)cc1. The van der Waals surface area contributed by atoms with Crippen molar-refractivity contribution < 1.29 is 9.90 Å². The third-order valence-electron chi connectivity index (χ3n) is 4.86. The predicted octanol–water partition coefficient (Wildman–Crippen LogP) is 4.31. The molecule has 0 unspecified atom stereocenters. The van der Waals surface area contributed by atoms with Gasteiger partial charge in [-0.1, -0.05) is 37.3 Å².